The smallest absolute Gasteiger partial charge is 0.166 e. The molecule has 2 aromatic rings. The van der Waals surface area contributed by atoms with Crippen LogP contribution in [0.5, 0.6) is 0 Å². The van der Waals surface area contributed by atoms with Crippen molar-refractivity contribution in [1.82, 2.24) is 9.97 Å². The number of methoxy groups -OCH3 is 1. The highest BCUT2D eigenvalue weighted by Crippen LogP contribution is 2.20. The second-order valence-electron chi connectivity index (χ2n) is 4.38. The summed E-state index contributed by atoms with van der Waals surface area (Å²) in [4.78, 5) is 7.72. The van der Waals surface area contributed by atoms with Gasteiger partial charge in [0.1, 0.15) is 0 Å². The number of hydrogen-bond acceptors (Lipinski definition) is 6. The molecule has 0 saturated carbocycles. The van der Waals surface area contributed by atoms with Gasteiger partial charge in [0.2, 0.25) is 0 Å². The fraction of sp³-hybridized carbons (Fsp3) is 0.500. The highest BCUT2D eigenvalue weighted by atomic mass is 32.2. The SMILES string of the molecule is COCCOCCOCCSc1nc2ccc(N)cc2[nH]1. The number of H-pyrrole nitrogens is 1. The van der Waals surface area contributed by atoms with E-state index in [4.69, 9.17) is 19.9 Å². The number of fused-ring (bicyclic) bond motifs is 1. The van der Waals surface area contributed by atoms with Crippen LogP contribution >= 0.6 is 11.8 Å². The number of thioether (sulfide) groups is 1. The number of hydrogen-bond donors (Lipinski definition) is 2. The van der Waals surface area contributed by atoms with Crippen LogP contribution in [0.25, 0.3) is 11.0 Å². The molecule has 0 fully saturated rings. The molecule has 1 heterocycles. The Morgan fingerprint density at radius 3 is 2.71 bits per heavy atom. The Morgan fingerprint density at radius 1 is 1.14 bits per heavy atom. The van der Waals surface area contributed by atoms with Crippen molar-refractivity contribution in [3.05, 3.63) is 18.2 Å². The van der Waals surface area contributed by atoms with Crippen LogP contribution < -0.4 is 5.73 Å². The summed E-state index contributed by atoms with van der Waals surface area (Å²) in [7, 11) is 1.66. The summed E-state index contributed by atoms with van der Waals surface area (Å²) in [6.07, 6.45) is 0. The molecule has 0 aliphatic carbocycles. The summed E-state index contributed by atoms with van der Waals surface area (Å²) >= 11 is 1.63. The van der Waals surface area contributed by atoms with Crippen LogP contribution in [-0.2, 0) is 14.2 Å². The second kappa shape index (κ2) is 8.89. The number of nitrogens with one attached hydrogen (secondary N) is 1. The van der Waals surface area contributed by atoms with Gasteiger partial charge in [-0.05, 0) is 18.2 Å². The number of nitrogen functional groups attached to an aromatic ring is 1. The minimum absolute atomic E-state index is 0.595. The number of nitrogens with zero attached hydrogens (tertiary/aromatic N) is 1. The Morgan fingerprint density at radius 2 is 1.90 bits per heavy atom. The van der Waals surface area contributed by atoms with E-state index >= 15 is 0 Å². The van der Waals surface area contributed by atoms with Gasteiger partial charge in [0.15, 0.2) is 5.16 Å². The highest BCUT2D eigenvalue weighted by molar-refractivity contribution is 7.99. The maximum absolute atomic E-state index is 5.74. The Bertz CT molecular complexity index is 547. The minimum Gasteiger partial charge on any atom is -0.399 e. The quantitative estimate of drug-likeness (QED) is 0.396. The van der Waals surface area contributed by atoms with E-state index in [9.17, 15) is 0 Å². The summed E-state index contributed by atoms with van der Waals surface area (Å²) in [5.41, 5.74) is 8.37. The van der Waals surface area contributed by atoms with Crippen molar-refractivity contribution in [3.8, 4) is 0 Å². The molecule has 0 radical (unpaired) electrons. The summed E-state index contributed by atoms with van der Waals surface area (Å²) in [6, 6.07) is 5.66. The molecule has 0 unspecified atom stereocenters. The Kier molecular flexibility index (Phi) is 6.81. The number of aromatic nitrogens is 2. The first-order valence-electron chi connectivity index (χ1n) is 6.82. The molecule has 6 nitrogen and oxygen atoms in total. The second-order valence-corrected chi connectivity index (χ2v) is 5.47. The molecule has 0 saturated heterocycles. The predicted molar refractivity (Wildman–Crippen MR) is 84.7 cm³/mol. The molecule has 1 aromatic carbocycles. The van der Waals surface area contributed by atoms with Crippen molar-refractivity contribution >= 4 is 28.5 Å². The highest BCUT2D eigenvalue weighted by Gasteiger charge is 2.03. The Labute approximate surface area is 128 Å². The van der Waals surface area contributed by atoms with Gasteiger partial charge in [0.25, 0.3) is 0 Å². The van der Waals surface area contributed by atoms with Gasteiger partial charge in [-0.1, -0.05) is 11.8 Å². The molecule has 7 heteroatoms. The van der Waals surface area contributed by atoms with E-state index < -0.39 is 0 Å². The third-order valence-corrected chi connectivity index (χ3v) is 3.59. The fourth-order valence-electron chi connectivity index (χ4n) is 1.73. The lowest BCUT2D eigenvalue weighted by Gasteiger charge is -2.04. The summed E-state index contributed by atoms with van der Waals surface area (Å²) in [5, 5.41) is 0.885. The zero-order chi connectivity index (χ0) is 14.9. The number of ether oxygens (including phenoxy) is 3. The van der Waals surface area contributed by atoms with Crippen molar-refractivity contribution in [2.24, 2.45) is 0 Å². The number of imidazole rings is 1. The van der Waals surface area contributed by atoms with Crippen molar-refractivity contribution in [2.45, 2.75) is 5.16 Å². The van der Waals surface area contributed by atoms with Gasteiger partial charge in [-0.15, -0.1) is 0 Å². The predicted octanol–water partition coefficient (Wildman–Crippen LogP) is 1.92. The Hall–Kier alpha value is -1.28. The molecule has 0 aliphatic rings. The minimum atomic E-state index is 0.595. The lowest BCUT2D eigenvalue weighted by atomic mass is 10.3. The van der Waals surface area contributed by atoms with E-state index in [1.54, 1.807) is 18.9 Å². The average molecular weight is 311 g/mol. The van der Waals surface area contributed by atoms with Gasteiger partial charge in [-0.25, -0.2) is 4.98 Å². The molecule has 0 spiro atoms. The summed E-state index contributed by atoms with van der Waals surface area (Å²) in [6.45, 7) is 3.08. The standard InChI is InChI=1S/C14H21N3O3S/c1-18-4-5-19-6-7-20-8-9-21-14-16-12-3-2-11(15)10-13(12)17-14/h2-3,10H,4-9,15H2,1H3,(H,16,17). The number of nitrogens with two attached hydrogens (primary N) is 1. The third kappa shape index (κ3) is 5.55. The average Bonchev–Trinajstić information content (AvgIpc) is 2.87. The molecule has 116 valence electrons. The van der Waals surface area contributed by atoms with Gasteiger partial charge in [-0.2, -0.15) is 0 Å². The molecule has 0 bridgehead atoms. The van der Waals surface area contributed by atoms with Gasteiger partial charge in [-0.3, -0.25) is 0 Å². The fourth-order valence-corrected chi connectivity index (χ4v) is 2.47. The first-order chi connectivity index (χ1) is 10.3. The molecule has 0 amide bonds. The maximum atomic E-state index is 5.74. The van der Waals surface area contributed by atoms with E-state index in [1.807, 2.05) is 18.2 Å². The van der Waals surface area contributed by atoms with Crippen LogP contribution in [-0.4, -0.2) is 55.9 Å². The van der Waals surface area contributed by atoms with E-state index in [-0.39, 0.29) is 0 Å². The molecule has 0 aliphatic heterocycles. The van der Waals surface area contributed by atoms with Gasteiger partial charge in [0, 0.05) is 18.6 Å². The number of benzene rings is 1. The Balaban J connectivity index is 1.59. The van der Waals surface area contributed by atoms with Crippen molar-refractivity contribution in [2.75, 3.05) is 51.6 Å². The number of rotatable bonds is 10. The molecular weight excluding hydrogens is 290 g/mol. The van der Waals surface area contributed by atoms with Crippen molar-refractivity contribution < 1.29 is 14.2 Å². The zero-order valence-electron chi connectivity index (χ0n) is 12.1. The van der Waals surface area contributed by atoms with E-state index in [0.29, 0.717) is 33.0 Å². The van der Waals surface area contributed by atoms with E-state index in [2.05, 4.69) is 9.97 Å². The normalized spacial score (nSPS) is 11.3. The maximum Gasteiger partial charge on any atom is 0.166 e. The molecule has 3 N–H and O–H groups in total. The molecular formula is C14H21N3O3S. The lowest BCUT2D eigenvalue weighted by Crippen LogP contribution is -2.09. The van der Waals surface area contributed by atoms with Crippen molar-refractivity contribution in [3.63, 3.8) is 0 Å². The van der Waals surface area contributed by atoms with E-state index in [0.717, 1.165) is 27.6 Å². The number of anilines is 1. The molecule has 1 aromatic heterocycles. The first-order valence-corrected chi connectivity index (χ1v) is 7.80. The van der Waals surface area contributed by atoms with Crippen LogP contribution in [0.4, 0.5) is 5.69 Å². The van der Waals surface area contributed by atoms with Crippen LogP contribution in [0, 0.1) is 0 Å². The van der Waals surface area contributed by atoms with Crippen molar-refractivity contribution in [1.29, 1.82) is 0 Å². The van der Waals surface area contributed by atoms with Gasteiger partial charge < -0.3 is 24.9 Å². The molecule has 21 heavy (non-hydrogen) atoms. The van der Waals surface area contributed by atoms with Crippen LogP contribution in [0.2, 0.25) is 0 Å². The largest absolute Gasteiger partial charge is 0.399 e. The van der Waals surface area contributed by atoms with E-state index in [1.165, 1.54) is 0 Å². The van der Waals surface area contributed by atoms with Gasteiger partial charge >= 0.3 is 0 Å². The molecule has 2 rings (SSSR count). The van der Waals surface area contributed by atoms with Crippen LogP contribution in [0.1, 0.15) is 0 Å². The lowest BCUT2D eigenvalue weighted by molar-refractivity contribution is 0.0286. The zero-order valence-corrected chi connectivity index (χ0v) is 12.9. The summed E-state index contributed by atoms with van der Waals surface area (Å²) < 4.78 is 15.7. The topological polar surface area (TPSA) is 82.4 Å². The number of aromatic amines is 1. The van der Waals surface area contributed by atoms with Crippen LogP contribution in [0.3, 0.4) is 0 Å². The summed E-state index contributed by atoms with van der Waals surface area (Å²) in [5.74, 6) is 0.841. The monoisotopic (exact) mass is 311 g/mol. The van der Waals surface area contributed by atoms with Gasteiger partial charge in [0.05, 0.1) is 44.1 Å². The third-order valence-electron chi connectivity index (χ3n) is 2.75. The van der Waals surface area contributed by atoms with Crippen LogP contribution in [0.15, 0.2) is 23.4 Å². The molecule has 0 atom stereocenters. The first kappa shape index (κ1) is 16.1.